The normalized spacial score (nSPS) is 11.4. The molecule has 1 atom stereocenters. The Morgan fingerprint density at radius 2 is 1.65 bits per heavy atom. The molecular formula is C18H21N3O2. The highest BCUT2D eigenvalue weighted by Crippen LogP contribution is 2.16. The fourth-order valence-corrected chi connectivity index (χ4v) is 2.30. The van der Waals surface area contributed by atoms with Crippen LogP contribution in [0.5, 0.6) is 0 Å². The van der Waals surface area contributed by atoms with Gasteiger partial charge in [0.15, 0.2) is 0 Å². The van der Waals surface area contributed by atoms with Gasteiger partial charge in [0.25, 0.3) is 0 Å². The van der Waals surface area contributed by atoms with Crippen LogP contribution in [0.2, 0.25) is 0 Å². The largest absolute Gasteiger partial charge is 0.348 e. The third-order valence-electron chi connectivity index (χ3n) is 3.47. The van der Waals surface area contributed by atoms with Crippen molar-refractivity contribution in [2.75, 3.05) is 11.9 Å². The van der Waals surface area contributed by atoms with Crippen LogP contribution in [0.25, 0.3) is 0 Å². The van der Waals surface area contributed by atoms with Crippen LogP contribution in [0.4, 0.5) is 10.5 Å². The van der Waals surface area contributed by atoms with Crippen molar-refractivity contribution in [3.63, 3.8) is 0 Å². The van der Waals surface area contributed by atoms with Crippen LogP contribution >= 0.6 is 0 Å². The first-order valence-electron chi connectivity index (χ1n) is 7.51. The van der Waals surface area contributed by atoms with Gasteiger partial charge in [-0.2, -0.15) is 0 Å². The van der Waals surface area contributed by atoms with Crippen LogP contribution in [0.15, 0.2) is 54.6 Å². The molecule has 0 unspecified atom stereocenters. The second-order valence-corrected chi connectivity index (χ2v) is 5.32. The van der Waals surface area contributed by atoms with Crippen LogP contribution < -0.4 is 16.0 Å². The van der Waals surface area contributed by atoms with Crippen molar-refractivity contribution < 1.29 is 9.59 Å². The van der Waals surface area contributed by atoms with Gasteiger partial charge in [-0.15, -0.1) is 0 Å². The molecule has 0 radical (unpaired) electrons. The maximum absolute atomic E-state index is 11.9. The van der Waals surface area contributed by atoms with E-state index in [1.165, 1.54) is 0 Å². The number of nitrogens with one attached hydrogen (secondary N) is 3. The molecule has 0 spiro atoms. The molecule has 0 bridgehead atoms. The number of carbonyl (C=O) groups excluding carboxylic acids is 2. The molecule has 0 saturated carbocycles. The van der Waals surface area contributed by atoms with Gasteiger partial charge in [-0.05, 0) is 37.1 Å². The highest BCUT2D eigenvalue weighted by atomic mass is 16.2. The number of para-hydroxylation sites is 1. The number of rotatable bonds is 5. The Morgan fingerprint density at radius 1 is 1.00 bits per heavy atom. The summed E-state index contributed by atoms with van der Waals surface area (Å²) in [6, 6.07) is 16.4. The van der Waals surface area contributed by atoms with Crippen molar-refractivity contribution in [2.45, 2.75) is 19.9 Å². The molecule has 2 rings (SSSR count). The molecule has 2 aromatic rings. The minimum Gasteiger partial charge on any atom is -0.348 e. The Kier molecular flexibility index (Phi) is 5.74. The monoisotopic (exact) mass is 311 g/mol. The molecule has 0 saturated heterocycles. The molecule has 0 aliphatic carbocycles. The van der Waals surface area contributed by atoms with E-state index in [-0.39, 0.29) is 18.5 Å². The van der Waals surface area contributed by atoms with Gasteiger partial charge in [0.1, 0.15) is 0 Å². The van der Waals surface area contributed by atoms with Gasteiger partial charge in [-0.25, -0.2) is 4.79 Å². The first-order chi connectivity index (χ1) is 11.1. The van der Waals surface area contributed by atoms with E-state index in [2.05, 4.69) is 16.0 Å². The molecule has 3 amide bonds. The molecule has 5 heteroatoms. The van der Waals surface area contributed by atoms with E-state index in [0.29, 0.717) is 5.69 Å². The highest BCUT2D eigenvalue weighted by Gasteiger charge is 2.12. The maximum Gasteiger partial charge on any atom is 0.319 e. The number of anilines is 1. The summed E-state index contributed by atoms with van der Waals surface area (Å²) in [5, 5.41) is 8.08. The molecule has 3 N–H and O–H groups in total. The average molecular weight is 311 g/mol. The molecule has 0 aromatic heterocycles. The van der Waals surface area contributed by atoms with Crippen molar-refractivity contribution in [2.24, 2.45) is 0 Å². The minimum absolute atomic E-state index is 0.0745. The van der Waals surface area contributed by atoms with Gasteiger partial charge in [0, 0.05) is 5.69 Å². The summed E-state index contributed by atoms with van der Waals surface area (Å²) in [6.07, 6.45) is 0. The van der Waals surface area contributed by atoms with Gasteiger partial charge in [0.2, 0.25) is 5.91 Å². The van der Waals surface area contributed by atoms with Gasteiger partial charge < -0.3 is 16.0 Å². The number of urea groups is 1. The lowest BCUT2D eigenvalue weighted by Gasteiger charge is -2.16. The van der Waals surface area contributed by atoms with Crippen LogP contribution in [-0.4, -0.2) is 18.5 Å². The molecule has 0 heterocycles. The van der Waals surface area contributed by atoms with Crippen LogP contribution in [0.1, 0.15) is 24.1 Å². The third-order valence-corrected chi connectivity index (χ3v) is 3.47. The van der Waals surface area contributed by atoms with E-state index in [0.717, 1.165) is 11.1 Å². The number of hydrogen-bond acceptors (Lipinski definition) is 2. The molecule has 5 nitrogen and oxygen atoms in total. The predicted octanol–water partition coefficient (Wildman–Crippen LogP) is 2.99. The zero-order chi connectivity index (χ0) is 16.7. The summed E-state index contributed by atoms with van der Waals surface area (Å²) < 4.78 is 0. The molecule has 0 fully saturated rings. The number of amides is 3. The molecule has 120 valence electrons. The molecule has 2 aromatic carbocycles. The van der Waals surface area contributed by atoms with Gasteiger partial charge in [-0.1, -0.05) is 42.5 Å². The average Bonchev–Trinajstić information content (AvgIpc) is 2.54. The summed E-state index contributed by atoms with van der Waals surface area (Å²) in [6.45, 7) is 3.85. The van der Waals surface area contributed by atoms with Crippen molar-refractivity contribution in [1.29, 1.82) is 0 Å². The van der Waals surface area contributed by atoms with Gasteiger partial charge in [-0.3, -0.25) is 4.79 Å². The van der Waals surface area contributed by atoms with E-state index >= 15 is 0 Å². The zero-order valence-corrected chi connectivity index (χ0v) is 13.3. The maximum atomic E-state index is 11.9. The van der Waals surface area contributed by atoms with Gasteiger partial charge >= 0.3 is 6.03 Å². The lowest BCUT2D eigenvalue weighted by molar-refractivity contribution is -0.120. The summed E-state index contributed by atoms with van der Waals surface area (Å²) in [7, 11) is 0. The van der Waals surface area contributed by atoms with E-state index in [1.54, 1.807) is 12.1 Å². The first-order valence-corrected chi connectivity index (χ1v) is 7.51. The summed E-state index contributed by atoms with van der Waals surface area (Å²) in [4.78, 5) is 23.7. The van der Waals surface area contributed by atoms with Crippen molar-refractivity contribution in [1.82, 2.24) is 10.6 Å². The quantitative estimate of drug-likeness (QED) is 0.794. The fourth-order valence-electron chi connectivity index (χ4n) is 2.30. The standard InChI is InChI=1S/C18H21N3O2/c1-13-8-6-7-11-16(13)14(2)20-17(22)12-19-18(23)21-15-9-4-3-5-10-15/h3-11,14H,12H2,1-2H3,(H,20,22)(H2,19,21,23)/t14-/m1/s1. The van der Waals surface area contributed by atoms with E-state index in [9.17, 15) is 9.59 Å². The number of carbonyl (C=O) groups is 2. The summed E-state index contributed by atoms with van der Waals surface area (Å²) in [5.74, 6) is -0.232. The smallest absolute Gasteiger partial charge is 0.319 e. The lowest BCUT2D eigenvalue weighted by Crippen LogP contribution is -2.39. The Bertz CT molecular complexity index is 671. The van der Waals surface area contributed by atoms with Crippen LogP contribution in [0.3, 0.4) is 0 Å². The Hall–Kier alpha value is -2.82. The second kappa shape index (κ2) is 7.98. The van der Waals surface area contributed by atoms with Crippen molar-refractivity contribution in [3.8, 4) is 0 Å². The highest BCUT2D eigenvalue weighted by molar-refractivity contribution is 5.92. The second-order valence-electron chi connectivity index (χ2n) is 5.32. The first kappa shape index (κ1) is 16.5. The Morgan fingerprint density at radius 3 is 2.35 bits per heavy atom. The number of hydrogen-bond donors (Lipinski definition) is 3. The summed E-state index contributed by atoms with van der Waals surface area (Å²) in [5.41, 5.74) is 2.86. The summed E-state index contributed by atoms with van der Waals surface area (Å²) >= 11 is 0. The molecular weight excluding hydrogens is 290 g/mol. The molecule has 0 aliphatic heterocycles. The third kappa shape index (κ3) is 5.14. The minimum atomic E-state index is -0.408. The lowest BCUT2D eigenvalue weighted by atomic mass is 10.0. The van der Waals surface area contributed by atoms with E-state index in [1.807, 2.05) is 56.3 Å². The Labute approximate surface area is 136 Å². The predicted molar refractivity (Wildman–Crippen MR) is 91.2 cm³/mol. The molecule has 23 heavy (non-hydrogen) atoms. The number of benzene rings is 2. The fraction of sp³-hybridized carbons (Fsp3) is 0.222. The van der Waals surface area contributed by atoms with E-state index < -0.39 is 6.03 Å². The van der Waals surface area contributed by atoms with Gasteiger partial charge in [0.05, 0.1) is 12.6 Å². The zero-order valence-electron chi connectivity index (χ0n) is 13.3. The Balaban J connectivity index is 1.79. The molecule has 0 aliphatic rings. The van der Waals surface area contributed by atoms with Crippen LogP contribution in [-0.2, 0) is 4.79 Å². The van der Waals surface area contributed by atoms with Crippen molar-refractivity contribution >= 4 is 17.6 Å². The van der Waals surface area contributed by atoms with Crippen molar-refractivity contribution in [3.05, 3.63) is 65.7 Å². The topological polar surface area (TPSA) is 70.2 Å². The SMILES string of the molecule is Cc1ccccc1[C@@H](C)NC(=O)CNC(=O)Nc1ccccc1. The number of aryl methyl sites for hydroxylation is 1. The van der Waals surface area contributed by atoms with Crippen LogP contribution in [0, 0.1) is 6.92 Å². The van der Waals surface area contributed by atoms with E-state index in [4.69, 9.17) is 0 Å².